The van der Waals surface area contributed by atoms with E-state index in [4.69, 9.17) is 9.47 Å². The van der Waals surface area contributed by atoms with Crippen LogP contribution in [0.2, 0.25) is 0 Å². The van der Waals surface area contributed by atoms with Gasteiger partial charge in [0.1, 0.15) is 5.75 Å². The highest BCUT2D eigenvalue weighted by Crippen LogP contribution is 2.32. The van der Waals surface area contributed by atoms with Crippen LogP contribution in [0.5, 0.6) is 5.75 Å². The minimum absolute atomic E-state index is 0.279. The summed E-state index contributed by atoms with van der Waals surface area (Å²) in [6.07, 6.45) is 2.94. The van der Waals surface area contributed by atoms with E-state index in [1.54, 1.807) is 7.11 Å². The van der Waals surface area contributed by atoms with Crippen molar-refractivity contribution in [1.29, 1.82) is 0 Å². The number of aryl methyl sites for hydroxylation is 1. The van der Waals surface area contributed by atoms with Gasteiger partial charge in [0, 0.05) is 0 Å². The number of ether oxygens (including phenoxy) is 2. The number of methoxy groups -OCH3 is 1. The van der Waals surface area contributed by atoms with Crippen molar-refractivity contribution >= 4 is 0 Å². The van der Waals surface area contributed by atoms with Gasteiger partial charge >= 0.3 is 0 Å². The largest absolute Gasteiger partial charge is 0.497 e. The second kappa shape index (κ2) is 6.40. The molecule has 3 atom stereocenters. The number of nitrogens with one attached hydrogen (secondary N) is 1. The zero-order valence-electron chi connectivity index (χ0n) is 12.4. The lowest BCUT2D eigenvalue weighted by Crippen LogP contribution is -2.32. The first-order valence-corrected chi connectivity index (χ1v) is 7.19. The smallest absolute Gasteiger partial charge is 0.119 e. The Labute approximate surface area is 116 Å². The van der Waals surface area contributed by atoms with Gasteiger partial charge < -0.3 is 14.8 Å². The van der Waals surface area contributed by atoms with Crippen LogP contribution in [0.15, 0.2) is 18.2 Å². The monoisotopic (exact) mass is 263 g/mol. The van der Waals surface area contributed by atoms with Crippen LogP contribution in [0, 0.1) is 6.92 Å². The number of hydrogen-bond acceptors (Lipinski definition) is 3. The second-order valence-corrected chi connectivity index (χ2v) is 5.32. The standard InChI is InChI=1S/C16H25NO2/c1-5-17-16(15-9-6-12(3)19-15)14-8-7-13(18-4)10-11(14)2/h7-8,10,12,15-17H,5-6,9H2,1-4H3. The zero-order valence-corrected chi connectivity index (χ0v) is 12.4. The molecule has 1 aromatic rings. The van der Waals surface area contributed by atoms with Crippen molar-refractivity contribution in [2.24, 2.45) is 0 Å². The van der Waals surface area contributed by atoms with Crippen molar-refractivity contribution in [3.05, 3.63) is 29.3 Å². The first-order valence-electron chi connectivity index (χ1n) is 7.19. The first kappa shape index (κ1) is 14.4. The fraction of sp³-hybridized carbons (Fsp3) is 0.625. The van der Waals surface area contributed by atoms with Gasteiger partial charge in [0.25, 0.3) is 0 Å². The topological polar surface area (TPSA) is 30.5 Å². The van der Waals surface area contributed by atoms with Crippen molar-refractivity contribution in [1.82, 2.24) is 5.32 Å². The molecule has 0 saturated carbocycles. The van der Waals surface area contributed by atoms with Crippen molar-refractivity contribution in [3.8, 4) is 5.75 Å². The molecule has 3 nitrogen and oxygen atoms in total. The lowest BCUT2D eigenvalue weighted by molar-refractivity contribution is 0.0318. The van der Waals surface area contributed by atoms with Gasteiger partial charge in [-0.1, -0.05) is 13.0 Å². The van der Waals surface area contributed by atoms with E-state index < -0.39 is 0 Å². The lowest BCUT2D eigenvalue weighted by atomic mass is 9.95. The van der Waals surface area contributed by atoms with Crippen LogP contribution in [0.3, 0.4) is 0 Å². The van der Waals surface area contributed by atoms with Gasteiger partial charge in [0.2, 0.25) is 0 Å². The number of rotatable bonds is 5. The van der Waals surface area contributed by atoms with Gasteiger partial charge in [-0.25, -0.2) is 0 Å². The zero-order chi connectivity index (χ0) is 13.8. The van der Waals surface area contributed by atoms with Gasteiger partial charge in [-0.2, -0.15) is 0 Å². The van der Waals surface area contributed by atoms with E-state index in [0.29, 0.717) is 6.10 Å². The summed E-state index contributed by atoms with van der Waals surface area (Å²) in [6, 6.07) is 6.57. The van der Waals surface area contributed by atoms with Gasteiger partial charge in [-0.05, 0) is 56.5 Å². The molecule has 3 unspecified atom stereocenters. The van der Waals surface area contributed by atoms with E-state index in [2.05, 4.69) is 38.2 Å². The maximum Gasteiger partial charge on any atom is 0.119 e. The molecule has 2 rings (SSSR count). The number of likely N-dealkylation sites (N-methyl/N-ethyl adjacent to an activating group) is 1. The maximum atomic E-state index is 6.05. The molecule has 1 aromatic carbocycles. The third-order valence-electron chi connectivity index (χ3n) is 3.87. The molecule has 1 fully saturated rings. The fourth-order valence-electron chi connectivity index (χ4n) is 2.86. The van der Waals surface area contributed by atoms with Crippen LogP contribution < -0.4 is 10.1 Å². The molecule has 1 heterocycles. The Balaban J connectivity index is 2.23. The summed E-state index contributed by atoms with van der Waals surface area (Å²) in [4.78, 5) is 0. The van der Waals surface area contributed by atoms with Gasteiger partial charge in [-0.3, -0.25) is 0 Å². The third kappa shape index (κ3) is 3.28. The van der Waals surface area contributed by atoms with Crippen molar-refractivity contribution in [2.45, 2.75) is 51.9 Å². The van der Waals surface area contributed by atoms with Crippen LogP contribution in [-0.4, -0.2) is 25.9 Å². The van der Waals surface area contributed by atoms with E-state index in [9.17, 15) is 0 Å². The number of benzene rings is 1. The third-order valence-corrected chi connectivity index (χ3v) is 3.87. The summed E-state index contributed by atoms with van der Waals surface area (Å²) in [5.74, 6) is 0.914. The Morgan fingerprint density at radius 1 is 1.42 bits per heavy atom. The second-order valence-electron chi connectivity index (χ2n) is 5.32. The van der Waals surface area contributed by atoms with E-state index in [1.165, 1.54) is 11.1 Å². The van der Waals surface area contributed by atoms with Crippen LogP contribution in [0.25, 0.3) is 0 Å². The Morgan fingerprint density at radius 3 is 2.74 bits per heavy atom. The first-order chi connectivity index (χ1) is 9.15. The molecule has 1 aliphatic rings. The molecule has 1 saturated heterocycles. The van der Waals surface area contributed by atoms with Crippen molar-refractivity contribution in [3.63, 3.8) is 0 Å². The molecule has 1 N–H and O–H groups in total. The summed E-state index contributed by atoms with van der Waals surface area (Å²) in [5.41, 5.74) is 2.58. The molecule has 0 bridgehead atoms. The highest BCUT2D eigenvalue weighted by Gasteiger charge is 2.30. The van der Waals surface area contributed by atoms with Crippen molar-refractivity contribution in [2.75, 3.05) is 13.7 Å². The number of hydrogen-bond donors (Lipinski definition) is 1. The molecule has 3 heteroatoms. The Bertz CT molecular complexity index is 419. The SMILES string of the molecule is CCNC(c1ccc(OC)cc1C)C1CCC(C)O1. The molecule has 19 heavy (non-hydrogen) atoms. The Hall–Kier alpha value is -1.06. The van der Waals surface area contributed by atoms with Gasteiger partial charge in [-0.15, -0.1) is 0 Å². The molecule has 0 radical (unpaired) electrons. The lowest BCUT2D eigenvalue weighted by Gasteiger charge is -2.26. The normalized spacial score (nSPS) is 24.4. The van der Waals surface area contributed by atoms with E-state index in [-0.39, 0.29) is 12.1 Å². The predicted octanol–water partition coefficient (Wildman–Crippen LogP) is 3.22. The van der Waals surface area contributed by atoms with Gasteiger partial charge in [0.15, 0.2) is 0 Å². The maximum absolute atomic E-state index is 6.05. The highest BCUT2D eigenvalue weighted by molar-refractivity contribution is 5.37. The van der Waals surface area contributed by atoms with E-state index >= 15 is 0 Å². The molecular weight excluding hydrogens is 238 g/mol. The Kier molecular flexibility index (Phi) is 4.83. The molecule has 0 aliphatic carbocycles. The quantitative estimate of drug-likeness (QED) is 0.884. The molecule has 106 valence electrons. The summed E-state index contributed by atoms with van der Waals surface area (Å²) in [7, 11) is 1.71. The van der Waals surface area contributed by atoms with Crippen LogP contribution in [0.4, 0.5) is 0 Å². The highest BCUT2D eigenvalue weighted by atomic mass is 16.5. The molecular formula is C16H25NO2. The van der Waals surface area contributed by atoms with E-state index in [0.717, 1.165) is 25.1 Å². The fourth-order valence-corrected chi connectivity index (χ4v) is 2.86. The minimum atomic E-state index is 0.279. The minimum Gasteiger partial charge on any atom is -0.497 e. The summed E-state index contributed by atoms with van der Waals surface area (Å²) in [6.45, 7) is 7.39. The summed E-state index contributed by atoms with van der Waals surface area (Å²) >= 11 is 0. The Morgan fingerprint density at radius 2 is 2.21 bits per heavy atom. The van der Waals surface area contributed by atoms with Gasteiger partial charge in [0.05, 0.1) is 25.4 Å². The van der Waals surface area contributed by atoms with Crippen molar-refractivity contribution < 1.29 is 9.47 Å². The molecule has 1 aliphatic heterocycles. The average Bonchev–Trinajstić information content (AvgIpc) is 2.83. The average molecular weight is 263 g/mol. The molecule has 0 spiro atoms. The predicted molar refractivity (Wildman–Crippen MR) is 77.7 cm³/mol. The van der Waals surface area contributed by atoms with Crippen LogP contribution in [-0.2, 0) is 4.74 Å². The van der Waals surface area contributed by atoms with Crippen LogP contribution in [0.1, 0.15) is 43.9 Å². The molecule has 0 aromatic heterocycles. The summed E-state index contributed by atoms with van der Waals surface area (Å²) < 4.78 is 11.3. The van der Waals surface area contributed by atoms with E-state index in [1.807, 2.05) is 6.07 Å². The summed E-state index contributed by atoms with van der Waals surface area (Å²) in [5, 5.41) is 3.57. The van der Waals surface area contributed by atoms with Crippen LogP contribution >= 0.6 is 0 Å². The molecule has 0 amide bonds.